The van der Waals surface area contributed by atoms with Gasteiger partial charge in [0.05, 0.1) is 23.8 Å². The molecule has 180 valence electrons. The van der Waals surface area contributed by atoms with Crippen LogP contribution in [0, 0.1) is 22.5 Å². The molecule has 1 spiro atoms. The van der Waals surface area contributed by atoms with E-state index in [1.807, 2.05) is 0 Å². The second-order valence-corrected chi connectivity index (χ2v) is 9.14. The summed E-state index contributed by atoms with van der Waals surface area (Å²) in [7, 11) is 1.71. The number of benzene rings is 1. The van der Waals surface area contributed by atoms with E-state index >= 15 is 0 Å². The van der Waals surface area contributed by atoms with Gasteiger partial charge in [-0.15, -0.1) is 0 Å². The number of aromatic hydroxyl groups is 1. The Morgan fingerprint density at radius 2 is 2.03 bits per heavy atom. The smallest absolute Gasteiger partial charge is 0.278 e. The van der Waals surface area contributed by atoms with Gasteiger partial charge in [0.2, 0.25) is 5.43 Å². The number of likely N-dealkylation sites (N-methyl/N-ethyl adjacent to an activating group) is 2. The van der Waals surface area contributed by atoms with Crippen LogP contribution in [0.15, 0.2) is 29.2 Å². The van der Waals surface area contributed by atoms with Gasteiger partial charge in [-0.25, -0.2) is 8.78 Å². The minimum atomic E-state index is -0.916. The van der Waals surface area contributed by atoms with Crippen molar-refractivity contribution >= 4 is 27.8 Å². The topological polar surface area (TPSA) is 123 Å². The Hall–Kier alpha value is -3.25. The Morgan fingerprint density at radius 3 is 2.65 bits per heavy atom. The molecule has 1 fully saturated rings. The molecule has 2 aliphatic rings. The zero-order valence-electron chi connectivity index (χ0n) is 18.5. The Morgan fingerprint density at radius 1 is 1.29 bits per heavy atom. The van der Waals surface area contributed by atoms with Crippen LogP contribution in [0.1, 0.15) is 35.0 Å². The van der Waals surface area contributed by atoms with Gasteiger partial charge in [0.15, 0.2) is 17.1 Å². The summed E-state index contributed by atoms with van der Waals surface area (Å²) in [5, 5.41) is 28.4. The minimum Gasteiger partial charge on any atom is -0.502 e. The van der Waals surface area contributed by atoms with Crippen LogP contribution >= 0.6 is 11.8 Å². The first-order valence-electron chi connectivity index (χ1n) is 10.5. The lowest BCUT2D eigenvalue weighted by molar-refractivity contribution is 0.0246. The van der Waals surface area contributed by atoms with E-state index in [0.29, 0.717) is 37.4 Å². The lowest BCUT2D eigenvalue weighted by Gasteiger charge is -2.51. The van der Waals surface area contributed by atoms with E-state index in [4.69, 9.17) is 15.6 Å². The second kappa shape index (κ2) is 8.84. The maximum atomic E-state index is 13.9. The van der Waals surface area contributed by atoms with Crippen LogP contribution < -0.4 is 10.4 Å². The number of rotatable bonds is 4. The van der Waals surface area contributed by atoms with Crippen LogP contribution in [0.5, 0.6) is 5.75 Å². The van der Waals surface area contributed by atoms with Crippen molar-refractivity contribution in [1.82, 2.24) is 9.58 Å². The summed E-state index contributed by atoms with van der Waals surface area (Å²) in [6.07, 6.45) is 1.61. The van der Waals surface area contributed by atoms with Crippen molar-refractivity contribution in [3.05, 3.63) is 63.1 Å². The van der Waals surface area contributed by atoms with E-state index in [1.165, 1.54) is 16.9 Å². The number of carbonyl (C=O) groups excluding carboxylic acids is 1. The zero-order chi connectivity index (χ0) is 24.8. The molecule has 1 saturated heterocycles. The second-order valence-electron chi connectivity index (χ2n) is 8.04. The standard InChI is InChI=1S/C22H23F2N5O4S/c1-3-28-21(32)17-19(31)18(30)14(10-29(17)27(2)22(28)6-7-33-11-22)20(26)34-16(25)8-12-4-5-13(23)9-15(12)24/h4-5,9-10,25-26,31H,3,6-8,11H2,1-2H3. The van der Waals surface area contributed by atoms with Crippen molar-refractivity contribution in [3.63, 3.8) is 0 Å². The predicted molar refractivity (Wildman–Crippen MR) is 124 cm³/mol. The molecule has 0 aliphatic carbocycles. The summed E-state index contributed by atoms with van der Waals surface area (Å²) >= 11 is 0.608. The Labute approximate surface area is 197 Å². The van der Waals surface area contributed by atoms with Crippen LogP contribution in [-0.4, -0.2) is 63.1 Å². The molecule has 12 heteroatoms. The molecule has 1 aromatic heterocycles. The Kier molecular flexibility index (Phi) is 6.21. The maximum absolute atomic E-state index is 13.9. The summed E-state index contributed by atoms with van der Waals surface area (Å²) in [6.45, 7) is 2.81. The number of hydrogen-bond acceptors (Lipinski definition) is 8. The van der Waals surface area contributed by atoms with E-state index in [2.05, 4.69) is 0 Å². The fourth-order valence-electron chi connectivity index (χ4n) is 4.38. The van der Waals surface area contributed by atoms with Gasteiger partial charge in [-0.05, 0) is 18.6 Å². The molecule has 4 rings (SSSR count). The van der Waals surface area contributed by atoms with Gasteiger partial charge in [0.25, 0.3) is 5.91 Å². The van der Waals surface area contributed by atoms with Crippen molar-refractivity contribution in [2.45, 2.75) is 25.4 Å². The molecular weight excluding hydrogens is 468 g/mol. The van der Waals surface area contributed by atoms with Gasteiger partial charge in [-0.2, -0.15) is 0 Å². The van der Waals surface area contributed by atoms with E-state index < -0.39 is 34.4 Å². The monoisotopic (exact) mass is 491 g/mol. The van der Waals surface area contributed by atoms with Crippen LogP contribution in [0.25, 0.3) is 0 Å². The fourth-order valence-corrected chi connectivity index (χ4v) is 5.11. The number of pyridine rings is 1. The van der Waals surface area contributed by atoms with Crippen molar-refractivity contribution in [1.29, 1.82) is 10.8 Å². The predicted octanol–water partition coefficient (Wildman–Crippen LogP) is 2.27. The third-order valence-corrected chi connectivity index (χ3v) is 6.99. The molecule has 1 unspecified atom stereocenters. The molecule has 3 N–H and O–H groups in total. The number of nitrogens with zero attached hydrogens (tertiary/aromatic N) is 3. The molecule has 0 bridgehead atoms. The number of halogens is 2. The lowest BCUT2D eigenvalue weighted by atomic mass is 10.0. The molecule has 2 aromatic rings. The Balaban J connectivity index is 1.67. The number of ether oxygens (including phenoxy) is 1. The van der Waals surface area contributed by atoms with Crippen molar-refractivity contribution in [3.8, 4) is 5.75 Å². The number of fused-ring (bicyclic) bond motifs is 1. The van der Waals surface area contributed by atoms with Crippen LogP contribution in [0.2, 0.25) is 0 Å². The molecule has 0 radical (unpaired) electrons. The summed E-state index contributed by atoms with van der Waals surface area (Å²) in [5.41, 5.74) is -2.07. The normalized spacial score (nSPS) is 19.6. The third-order valence-electron chi connectivity index (χ3n) is 6.17. The highest BCUT2D eigenvalue weighted by Gasteiger charge is 2.51. The van der Waals surface area contributed by atoms with Crippen molar-refractivity contribution < 1.29 is 23.4 Å². The fraction of sp³-hybridized carbons (Fsp3) is 0.364. The van der Waals surface area contributed by atoms with Gasteiger partial charge in [-0.1, -0.05) is 17.8 Å². The Bertz CT molecular complexity index is 1260. The lowest BCUT2D eigenvalue weighted by Crippen LogP contribution is -2.69. The van der Waals surface area contributed by atoms with Crippen molar-refractivity contribution in [2.75, 3.05) is 31.8 Å². The highest BCUT2D eigenvalue weighted by molar-refractivity contribution is 8.26. The van der Waals surface area contributed by atoms with E-state index in [1.54, 1.807) is 23.9 Å². The van der Waals surface area contributed by atoms with Crippen LogP contribution in [0.4, 0.5) is 8.78 Å². The summed E-state index contributed by atoms with van der Waals surface area (Å²) in [6, 6.07) is 3.00. The maximum Gasteiger partial charge on any atom is 0.278 e. The van der Waals surface area contributed by atoms with Crippen molar-refractivity contribution in [2.24, 2.45) is 0 Å². The molecule has 2 aliphatic heterocycles. The molecule has 1 aromatic carbocycles. The zero-order valence-corrected chi connectivity index (χ0v) is 19.3. The quantitative estimate of drug-likeness (QED) is 0.446. The van der Waals surface area contributed by atoms with Gasteiger partial charge < -0.3 is 14.7 Å². The molecule has 34 heavy (non-hydrogen) atoms. The minimum absolute atomic E-state index is 0.0740. The average Bonchev–Trinajstić information content (AvgIpc) is 3.26. The van der Waals surface area contributed by atoms with Gasteiger partial charge >= 0.3 is 0 Å². The first kappa shape index (κ1) is 23.9. The number of carbonyl (C=O) groups is 1. The molecule has 9 nitrogen and oxygen atoms in total. The summed E-state index contributed by atoms with van der Waals surface area (Å²) in [4.78, 5) is 27.6. The largest absolute Gasteiger partial charge is 0.502 e. The summed E-state index contributed by atoms with van der Waals surface area (Å²) < 4.78 is 34.0. The van der Waals surface area contributed by atoms with Gasteiger partial charge in [0, 0.05) is 38.7 Å². The van der Waals surface area contributed by atoms with Crippen LogP contribution in [-0.2, 0) is 11.2 Å². The SMILES string of the molecule is CCN1C(=O)c2c(O)c(=O)c(C(=N)SC(=N)Cc3ccc(F)cc3F)cn2N(C)C12CCOC2. The van der Waals surface area contributed by atoms with Gasteiger partial charge in [-0.3, -0.25) is 30.1 Å². The molecule has 3 heterocycles. The molecule has 1 amide bonds. The van der Waals surface area contributed by atoms with Gasteiger partial charge in [0.1, 0.15) is 16.7 Å². The number of aromatic nitrogens is 1. The number of thioether (sulfide) groups is 1. The molecule has 0 saturated carbocycles. The third kappa shape index (κ3) is 3.76. The first-order chi connectivity index (χ1) is 16.1. The highest BCUT2D eigenvalue weighted by Crippen LogP contribution is 2.35. The molecular formula is C22H23F2N5O4S. The average molecular weight is 492 g/mol. The molecule has 1 atom stereocenters. The highest BCUT2D eigenvalue weighted by atomic mass is 32.2. The summed E-state index contributed by atoms with van der Waals surface area (Å²) in [5.74, 6) is -2.86. The first-order valence-corrected chi connectivity index (χ1v) is 11.3. The number of amides is 1. The van der Waals surface area contributed by atoms with E-state index in [0.717, 1.165) is 6.07 Å². The number of nitrogens with one attached hydrogen (secondary N) is 2. The van der Waals surface area contributed by atoms with E-state index in [-0.39, 0.29) is 39.9 Å². The number of hydrogen-bond donors (Lipinski definition) is 3. The van der Waals surface area contributed by atoms with Crippen LogP contribution in [0.3, 0.4) is 0 Å². The van der Waals surface area contributed by atoms with E-state index in [9.17, 15) is 23.5 Å².